The van der Waals surface area contributed by atoms with Crippen molar-refractivity contribution in [1.82, 2.24) is 14.7 Å². The number of hydrogen-bond donors (Lipinski definition) is 1. The van der Waals surface area contributed by atoms with Crippen LogP contribution in [0.15, 0.2) is 30.3 Å². The van der Waals surface area contributed by atoms with E-state index < -0.39 is 0 Å². The van der Waals surface area contributed by atoms with Gasteiger partial charge in [-0.3, -0.25) is 9.59 Å². The second-order valence-corrected chi connectivity index (χ2v) is 9.72. The number of hydrogen-bond acceptors (Lipinski definition) is 3. The molecule has 0 saturated heterocycles. The Morgan fingerprint density at radius 1 is 1.23 bits per heavy atom. The first-order valence-electron chi connectivity index (χ1n) is 11.1. The molecule has 0 spiro atoms. The summed E-state index contributed by atoms with van der Waals surface area (Å²) in [7, 11) is 0. The maximum Gasteiger partial charge on any atom is 0.245 e. The first-order valence-corrected chi connectivity index (χ1v) is 11.5. The Kier molecular flexibility index (Phi) is 7.42. The fourth-order valence-electron chi connectivity index (χ4n) is 3.41. The number of aromatic nitrogens is 2. The van der Waals surface area contributed by atoms with E-state index >= 15 is 0 Å². The van der Waals surface area contributed by atoms with Gasteiger partial charge in [0.1, 0.15) is 5.82 Å². The van der Waals surface area contributed by atoms with Crippen LogP contribution in [0.2, 0.25) is 5.02 Å². The molecule has 6 nitrogen and oxygen atoms in total. The Hall–Kier alpha value is -2.34. The lowest BCUT2D eigenvalue weighted by atomic mass is 9.92. The van der Waals surface area contributed by atoms with E-state index in [4.69, 9.17) is 16.7 Å². The van der Waals surface area contributed by atoms with Gasteiger partial charge in [0.2, 0.25) is 11.8 Å². The summed E-state index contributed by atoms with van der Waals surface area (Å²) in [5.41, 5.74) is 1.35. The summed E-state index contributed by atoms with van der Waals surface area (Å²) >= 11 is 6.40. The fraction of sp³-hybridized carbons (Fsp3) is 0.542. The van der Waals surface area contributed by atoms with Crippen molar-refractivity contribution in [2.45, 2.75) is 65.2 Å². The van der Waals surface area contributed by atoms with E-state index in [2.05, 4.69) is 33.0 Å². The Labute approximate surface area is 190 Å². The first kappa shape index (κ1) is 23.3. The van der Waals surface area contributed by atoms with Crippen LogP contribution in [0.5, 0.6) is 0 Å². The third-order valence-electron chi connectivity index (χ3n) is 5.43. The Morgan fingerprint density at radius 2 is 1.94 bits per heavy atom. The van der Waals surface area contributed by atoms with Crippen LogP contribution in [0.1, 0.15) is 65.5 Å². The van der Waals surface area contributed by atoms with Crippen LogP contribution in [0.4, 0.5) is 5.82 Å². The van der Waals surface area contributed by atoms with Crippen LogP contribution in [0, 0.1) is 5.92 Å². The van der Waals surface area contributed by atoms with Gasteiger partial charge in [-0.25, -0.2) is 4.68 Å². The average Bonchev–Trinajstić information content (AvgIpc) is 3.47. The van der Waals surface area contributed by atoms with Gasteiger partial charge < -0.3 is 10.2 Å². The van der Waals surface area contributed by atoms with Gasteiger partial charge in [-0.15, -0.1) is 0 Å². The van der Waals surface area contributed by atoms with E-state index in [0.717, 1.165) is 37.8 Å². The van der Waals surface area contributed by atoms with E-state index in [-0.39, 0.29) is 29.7 Å². The van der Waals surface area contributed by atoms with Crippen molar-refractivity contribution in [2.24, 2.45) is 5.92 Å². The summed E-state index contributed by atoms with van der Waals surface area (Å²) in [6, 6.07) is 9.28. The maximum absolute atomic E-state index is 13.0. The highest BCUT2D eigenvalue weighted by molar-refractivity contribution is 6.32. The highest BCUT2D eigenvalue weighted by atomic mass is 35.5. The van der Waals surface area contributed by atoms with Gasteiger partial charge in [0.05, 0.1) is 22.9 Å². The maximum atomic E-state index is 13.0. The second-order valence-electron chi connectivity index (χ2n) is 9.32. The van der Waals surface area contributed by atoms with Crippen molar-refractivity contribution in [3.63, 3.8) is 0 Å². The van der Waals surface area contributed by atoms with Gasteiger partial charge in [0, 0.05) is 23.9 Å². The van der Waals surface area contributed by atoms with Gasteiger partial charge in [-0.05, 0) is 31.4 Å². The number of nitrogens with zero attached hydrogens (tertiary/aromatic N) is 3. The molecule has 1 aromatic carbocycles. The molecule has 1 N–H and O–H groups in total. The number of benzene rings is 1. The molecule has 0 unspecified atom stereocenters. The van der Waals surface area contributed by atoms with Crippen molar-refractivity contribution >= 4 is 29.2 Å². The van der Waals surface area contributed by atoms with Crippen LogP contribution in [0.3, 0.4) is 0 Å². The zero-order valence-electron chi connectivity index (χ0n) is 18.9. The number of anilines is 1. The number of nitrogens with one attached hydrogen (secondary N) is 1. The molecular formula is C24H33ClN4O2. The van der Waals surface area contributed by atoms with Crippen molar-refractivity contribution < 1.29 is 9.59 Å². The van der Waals surface area contributed by atoms with E-state index in [1.54, 1.807) is 15.6 Å². The van der Waals surface area contributed by atoms with Gasteiger partial charge in [0.25, 0.3) is 0 Å². The minimum absolute atomic E-state index is 0.0532. The molecule has 7 heteroatoms. The minimum atomic E-state index is -0.223. The second kappa shape index (κ2) is 9.86. The van der Waals surface area contributed by atoms with Crippen LogP contribution in [-0.4, -0.2) is 39.6 Å². The lowest BCUT2D eigenvalue weighted by Gasteiger charge is -2.22. The fourth-order valence-corrected chi connectivity index (χ4v) is 3.62. The summed E-state index contributed by atoms with van der Waals surface area (Å²) in [5, 5.41) is 8.24. The van der Waals surface area contributed by atoms with Crippen LogP contribution in [-0.2, 0) is 15.0 Å². The number of unbranched alkanes of at least 4 members (excludes halogenated alkanes) is 2. The molecule has 1 aromatic heterocycles. The number of para-hydroxylation sites is 1. The third kappa shape index (κ3) is 6.10. The highest BCUT2D eigenvalue weighted by Gasteiger charge is 2.34. The molecule has 1 saturated carbocycles. The molecule has 1 aliphatic carbocycles. The molecule has 1 fully saturated rings. The monoisotopic (exact) mass is 444 g/mol. The third-order valence-corrected chi connectivity index (χ3v) is 5.75. The molecule has 3 rings (SSSR count). The topological polar surface area (TPSA) is 67.2 Å². The lowest BCUT2D eigenvalue weighted by molar-refractivity contribution is -0.135. The number of amides is 2. The quantitative estimate of drug-likeness (QED) is 0.541. The molecule has 168 valence electrons. The van der Waals surface area contributed by atoms with E-state index in [1.807, 2.05) is 24.3 Å². The minimum Gasteiger partial charge on any atom is -0.333 e. The SMILES string of the molecule is CCCCCN(CC(=O)Nc1cc(C(C)(C)C)nn1-c1ccccc1Cl)C(=O)C1CC1. The predicted molar refractivity (Wildman–Crippen MR) is 125 cm³/mol. The first-order chi connectivity index (χ1) is 14.7. The van der Waals surface area contributed by atoms with Gasteiger partial charge >= 0.3 is 0 Å². The highest BCUT2D eigenvalue weighted by Crippen LogP contribution is 2.31. The zero-order valence-corrected chi connectivity index (χ0v) is 19.7. The van der Waals surface area contributed by atoms with Gasteiger partial charge in [0.15, 0.2) is 0 Å². The van der Waals surface area contributed by atoms with Crippen molar-refractivity contribution in [2.75, 3.05) is 18.4 Å². The predicted octanol–water partition coefficient (Wildman–Crippen LogP) is 5.19. The standard InChI is InChI=1S/C24H33ClN4O2/c1-5-6-9-14-28(23(31)17-12-13-17)16-22(30)26-21-15-20(24(2,3)4)27-29(21)19-11-8-7-10-18(19)25/h7-8,10-11,15,17H,5-6,9,12-14,16H2,1-4H3,(H,26,30). The molecule has 0 radical (unpaired) electrons. The van der Waals surface area contributed by atoms with Crippen LogP contribution < -0.4 is 5.32 Å². The summed E-state index contributed by atoms with van der Waals surface area (Å²) in [4.78, 5) is 27.3. The van der Waals surface area contributed by atoms with Crippen LogP contribution in [0.25, 0.3) is 5.69 Å². The van der Waals surface area contributed by atoms with Crippen molar-refractivity contribution in [1.29, 1.82) is 0 Å². The molecule has 31 heavy (non-hydrogen) atoms. The summed E-state index contributed by atoms with van der Waals surface area (Å²) < 4.78 is 1.67. The number of carbonyl (C=O) groups excluding carboxylic acids is 2. The molecule has 2 aromatic rings. The molecule has 2 amide bonds. The Balaban J connectivity index is 1.81. The van der Waals surface area contributed by atoms with Gasteiger partial charge in [-0.2, -0.15) is 5.10 Å². The average molecular weight is 445 g/mol. The Bertz CT molecular complexity index is 928. The molecule has 0 aliphatic heterocycles. The van der Waals surface area contributed by atoms with E-state index in [9.17, 15) is 9.59 Å². The van der Waals surface area contributed by atoms with Gasteiger partial charge in [-0.1, -0.05) is 64.3 Å². The zero-order chi connectivity index (χ0) is 22.6. The normalized spacial score (nSPS) is 13.8. The van der Waals surface area contributed by atoms with E-state index in [0.29, 0.717) is 23.1 Å². The number of halogens is 1. The molecular weight excluding hydrogens is 412 g/mol. The molecule has 0 atom stereocenters. The van der Waals surface area contributed by atoms with Crippen molar-refractivity contribution in [3.05, 3.63) is 41.0 Å². The smallest absolute Gasteiger partial charge is 0.245 e. The molecule has 1 aliphatic rings. The summed E-state index contributed by atoms with van der Waals surface area (Å²) in [6.07, 6.45) is 4.89. The largest absolute Gasteiger partial charge is 0.333 e. The molecule has 0 bridgehead atoms. The Morgan fingerprint density at radius 3 is 2.55 bits per heavy atom. The van der Waals surface area contributed by atoms with E-state index in [1.165, 1.54) is 0 Å². The number of rotatable bonds is 9. The van der Waals surface area contributed by atoms with Crippen LogP contribution >= 0.6 is 11.6 Å². The lowest BCUT2D eigenvalue weighted by Crippen LogP contribution is -2.39. The summed E-state index contributed by atoms with van der Waals surface area (Å²) in [5.74, 6) is 0.520. The summed E-state index contributed by atoms with van der Waals surface area (Å²) in [6.45, 7) is 9.01. The molecule has 1 heterocycles. The van der Waals surface area contributed by atoms with Crippen molar-refractivity contribution in [3.8, 4) is 5.69 Å². The number of carbonyl (C=O) groups is 2.